The fourth-order valence-corrected chi connectivity index (χ4v) is 3.33. The van der Waals surface area contributed by atoms with Crippen LogP contribution in [0.1, 0.15) is 23.3 Å². The van der Waals surface area contributed by atoms with E-state index in [1.54, 1.807) is 6.20 Å². The van der Waals surface area contributed by atoms with Gasteiger partial charge in [0.15, 0.2) is 0 Å². The molecule has 0 aromatic carbocycles. The molecule has 18 heavy (non-hydrogen) atoms. The van der Waals surface area contributed by atoms with Gasteiger partial charge in [0.1, 0.15) is 5.69 Å². The van der Waals surface area contributed by atoms with E-state index in [-0.39, 0.29) is 5.91 Å². The van der Waals surface area contributed by atoms with Crippen molar-refractivity contribution >= 4 is 21.8 Å². The van der Waals surface area contributed by atoms with E-state index in [0.717, 1.165) is 24.1 Å². The van der Waals surface area contributed by atoms with E-state index in [0.29, 0.717) is 17.7 Å². The Bertz CT molecular complexity index is 451. The normalized spacial score (nSPS) is 27.1. The number of nitrogens with one attached hydrogen (secondary N) is 1. The Kier molecular flexibility index (Phi) is 3.35. The van der Waals surface area contributed by atoms with Crippen molar-refractivity contribution in [3.63, 3.8) is 0 Å². The molecule has 0 bridgehead atoms. The molecule has 0 spiro atoms. The number of pyridine rings is 1. The van der Waals surface area contributed by atoms with Crippen molar-refractivity contribution in [1.29, 1.82) is 0 Å². The van der Waals surface area contributed by atoms with Gasteiger partial charge in [0.25, 0.3) is 5.91 Å². The maximum Gasteiger partial charge on any atom is 0.273 e. The summed E-state index contributed by atoms with van der Waals surface area (Å²) in [5, 5.41) is 3.51. The third kappa shape index (κ3) is 2.17. The molecule has 3 heterocycles. The topological polar surface area (TPSA) is 45.2 Å². The van der Waals surface area contributed by atoms with Gasteiger partial charge in [0.2, 0.25) is 0 Å². The van der Waals surface area contributed by atoms with Crippen LogP contribution in [0.3, 0.4) is 0 Å². The molecule has 0 radical (unpaired) electrons. The van der Waals surface area contributed by atoms with E-state index < -0.39 is 0 Å². The Morgan fingerprint density at radius 2 is 2.39 bits per heavy atom. The van der Waals surface area contributed by atoms with Gasteiger partial charge < -0.3 is 10.2 Å². The molecule has 0 saturated carbocycles. The van der Waals surface area contributed by atoms with Crippen molar-refractivity contribution in [1.82, 2.24) is 15.2 Å². The minimum atomic E-state index is 0.0404. The molecule has 1 aromatic heterocycles. The zero-order chi connectivity index (χ0) is 12.5. The van der Waals surface area contributed by atoms with Gasteiger partial charge in [-0.3, -0.25) is 4.79 Å². The van der Waals surface area contributed by atoms with Gasteiger partial charge in [0.05, 0.1) is 0 Å². The standard InChI is InChI=1S/C13H16BrN3O/c14-10-4-2-6-16-12(10)13(18)17-7-9-3-1-5-15-11(9)8-17/h2,4,6,9,11,15H,1,3,5,7-8H2. The van der Waals surface area contributed by atoms with E-state index >= 15 is 0 Å². The zero-order valence-electron chi connectivity index (χ0n) is 10.1. The summed E-state index contributed by atoms with van der Waals surface area (Å²) in [7, 11) is 0. The summed E-state index contributed by atoms with van der Waals surface area (Å²) in [4.78, 5) is 18.5. The Hall–Kier alpha value is -0.940. The molecule has 4 nitrogen and oxygen atoms in total. The molecular weight excluding hydrogens is 294 g/mol. The van der Waals surface area contributed by atoms with Crippen LogP contribution in [0, 0.1) is 5.92 Å². The number of hydrogen-bond donors (Lipinski definition) is 1. The highest BCUT2D eigenvalue weighted by Crippen LogP contribution is 2.26. The maximum atomic E-state index is 12.4. The third-order valence-electron chi connectivity index (χ3n) is 3.85. The first-order chi connectivity index (χ1) is 8.75. The van der Waals surface area contributed by atoms with Gasteiger partial charge in [-0.1, -0.05) is 0 Å². The maximum absolute atomic E-state index is 12.4. The number of piperidine rings is 1. The number of halogens is 1. The zero-order valence-corrected chi connectivity index (χ0v) is 11.7. The number of carbonyl (C=O) groups is 1. The second-order valence-electron chi connectivity index (χ2n) is 5.01. The Balaban J connectivity index is 1.76. The fraction of sp³-hybridized carbons (Fsp3) is 0.538. The predicted molar refractivity (Wildman–Crippen MR) is 72.4 cm³/mol. The van der Waals surface area contributed by atoms with Crippen molar-refractivity contribution in [2.45, 2.75) is 18.9 Å². The number of rotatable bonds is 1. The van der Waals surface area contributed by atoms with Crippen molar-refractivity contribution in [2.24, 2.45) is 5.92 Å². The molecule has 3 rings (SSSR count). The third-order valence-corrected chi connectivity index (χ3v) is 4.49. The van der Waals surface area contributed by atoms with Gasteiger partial charge in [-0.15, -0.1) is 0 Å². The number of amides is 1. The lowest BCUT2D eigenvalue weighted by atomic mass is 9.94. The van der Waals surface area contributed by atoms with Gasteiger partial charge >= 0.3 is 0 Å². The summed E-state index contributed by atoms with van der Waals surface area (Å²) in [6.07, 6.45) is 4.11. The van der Waals surface area contributed by atoms with Gasteiger partial charge in [-0.2, -0.15) is 0 Å². The molecule has 96 valence electrons. The highest BCUT2D eigenvalue weighted by Gasteiger charge is 2.37. The SMILES string of the molecule is O=C(c1ncccc1Br)N1CC2CCCNC2C1. The Morgan fingerprint density at radius 1 is 1.50 bits per heavy atom. The lowest BCUT2D eigenvalue weighted by Crippen LogP contribution is -2.41. The van der Waals surface area contributed by atoms with Crippen LogP contribution in [-0.2, 0) is 0 Å². The Labute approximate surface area is 115 Å². The van der Waals surface area contributed by atoms with Gasteiger partial charge in [-0.25, -0.2) is 4.98 Å². The first-order valence-electron chi connectivity index (χ1n) is 6.39. The first kappa shape index (κ1) is 12.1. The number of likely N-dealkylation sites (tertiary alicyclic amines) is 1. The predicted octanol–water partition coefficient (Wildman–Crippen LogP) is 1.67. The number of nitrogens with zero attached hydrogens (tertiary/aromatic N) is 2. The van der Waals surface area contributed by atoms with Crippen LogP contribution < -0.4 is 5.32 Å². The van der Waals surface area contributed by atoms with E-state index in [1.165, 1.54) is 12.8 Å². The van der Waals surface area contributed by atoms with Crippen molar-refractivity contribution in [3.05, 3.63) is 28.5 Å². The summed E-state index contributed by atoms with van der Waals surface area (Å²) in [5.41, 5.74) is 0.524. The summed E-state index contributed by atoms with van der Waals surface area (Å²) in [6.45, 7) is 2.75. The van der Waals surface area contributed by atoms with E-state index in [2.05, 4.69) is 26.2 Å². The van der Waals surface area contributed by atoms with E-state index in [1.807, 2.05) is 17.0 Å². The first-order valence-corrected chi connectivity index (χ1v) is 7.18. The largest absolute Gasteiger partial charge is 0.335 e. The molecule has 1 aromatic rings. The van der Waals surface area contributed by atoms with Crippen LogP contribution in [0.25, 0.3) is 0 Å². The number of carbonyl (C=O) groups excluding carboxylic acids is 1. The number of aromatic nitrogens is 1. The van der Waals surface area contributed by atoms with Crippen LogP contribution in [0.15, 0.2) is 22.8 Å². The molecule has 1 N–H and O–H groups in total. The second kappa shape index (κ2) is 4.97. The highest BCUT2D eigenvalue weighted by molar-refractivity contribution is 9.10. The van der Waals surface area contributed by atoms with E-state index in [9.17, 15) is 4.79 Å². The highest BCUT2D eigenvalue weighted by atomic mass is 79.9. The molecule has 2 fully saturated rings. The molecule has 2 saturated heterocycles. The Morgan fingerprint density at radius 3 is 3.17 bits per heavy atom. The number of fused-ring (bicyclic) bond motifs is 1. The minimum Gasteiger partial charge on any atom is -0.335 e. The molecule has 2 unspecified atom stereocenters. The monoisotopic (exact) mass is 309 g/mol. The average Bonchev–Trinajstić information content (AvgIpc) is 2.82. The smallest absolute Gasteiger partial charge is 0.273 e. The minimum absolute atomic E-state index is 0.0404. The molecule has 1 amide bonds. The lowest BCUT2D eigenvalue weighted by molar-refractivity contribution is 0.0779. The van der Waals surface area contributed by atoms with E-state index in [4.69, 9.17) is 0 Å². The molecule has 0 aliphatic carbocycles. The second-order valence-corrected chi connectivity index (χ2v) is 5.86. The van der Waals surface area contributed by atoms with Crippen molar-refractivity contribution in [3.8, 4) is 0 Å². The average molecular weight is 310 g/mol. The molecule has 5 heteroatoms. The fourth-order valence-electron chi connectivity index (χ4n) is 2.91. The summed E-state index contributed by atoms with van der Waals surface area (Å²) in [6, 6.07) is 4.17. The van der Waals surface area contributed by atoms with Crippen LogP contribution in [0.2, 0.25) is 0 Å². The molecule has 2 aliphatic heterocycles. The van der Waals surface area contributed by atoms with Gasteiger partial charge in [-0.05, 0) is 53.4 Å². The van der Waals surface area contributed by atoms with Crippen LogP contribution in [0.5, 0.6) is 0 Å². The summed E-state index contributed by atoms with van der Waals surface area (Å²) in [5.74, 6) is 0.656. The summed E-state index contributed by atoms with van der Waals surface area (Å²) >= 11 is 3.40. The van der Waals surface area contributed by atoms with Crippen LogP contribution >= 0.6 is 15.9 Å². The van der Waals surface area contributed by atoms with Crippen LogP contribution in [0.4, 0.5) is 0 Å². The molecular formula is C13H16BrN3O. The molecule has 2 atom stereocenters. The molecule has 2 aliphatic rings. The van der Waals surface area contributed by atoms with Crippen LogP contribution in [-0.4, -0.2) is 41.5 Å². The van der Waals surface area contributed by atoms with Gasteiger partial charge in [0, 0.05) is 29.8 Å². The summed E-state index contributed by atoms with van der Waals surface area (Å²) < 4.78 is 0.776. The van der Waals surface area contributed by atoms with Crippen molar-refractivity contribution in [2.75, 3.05) is 19.6 Å². The quantitative estimate of drug-likeness (QED) is 0.858. The number of hydrogen-bond acceptors (Lipinski definition) is 3. The lowest BCUT2D eigenvalue weighted by Gasteiger charge is -2.24. The van der Waals surface area contributed by atoms with Crippen molar-refractivity contribution < 1.29 is 4.79 Å².